The first-order valence-electron chi connectivity index (χ1n) is 34.2. The Morgan fingerprint density at radius 2 is 0.500 bits per heavy atom. The van der Waals surface area contributed by atoms with Crippen molar-refractivity contribution in [3.8, 4) is 0 Å². The predicted octanol–water partition coefficient (Wildman–Crippen LogP) is 23.6. The number of allylic oxidation sites excluding steroid dienone is 16. The predicted molar refractivity (Wildman–Crippen MR) is 348 cm³/mol. The minimum absolute atomic E-state index is 0.101. The van der Waals surface area contributed by atoms with Crippen LogP contribution in [0.1, 0.15) is 335 Å². The summed E-state index contributed by atoms with van der Waals surface area (Å²) in [6, 6.07) is 0. The fourth-order valence-corrected chi connectivity index (χ4v) is 9.79. The Labute approximate surface area is 496 Å². The number of unbranched alkanes of at least 4 members (excludes halogenated alkanes) is 35. The number of hydrogen-bond donors (Lipinski definition) is 0. The Bertz CT molecular complexity index is 1560. The second kappa shape index (κ2) is 67.8. The van der Waals surface area contributed by atoms with E-state index in [1.165, 1.54) is 186 Å². The van der Waals surface area contributed by atoms with E-state index in [0.717, 1.165) is 103 Å². The van der Waals surface area contributed by atoms with Crippen molar-refractivity contribution in [3.05, 3.63) is 97.2 Å². The summed E-state index contributed by atoms with van der Waals surface area (Å²) in [6.07, 6.45) is 91.6. The highest BCUT2D eigenvalue weighted by molar-refractivity contribution is 5.71. The molecule has 80 heavy (non-hydrogen) atoms. The Balaban J connectivity index is 4.31. The molecule has 6 heteroatoms. The number of carbonyl (C=O) groups is 3. The lowest BCUT2D eigenvalue weighted by Gasteiger charge is -2.18. The van der Waals surface area contributed by atoms with Gasteiger partial charge in [0, 0.05) is 19.3 Å². The average Bonchev–Trinajstić information content (AvgIpc) is 3.46. The lowest BCUT2D eigenvalue weighted by molar-refractivity contribution is -0.167. The summed E-state index contributed by atoms with van der Waals surface area (Å²) in [4.78, 5) is 38.4. The fraction of sp³-hybridized carbons (Fsp3) is 0.743. The molecule has 0 aliphatic rings. The van der Waals surface area contributed by atoms with Crippen molar-refractivity contribution in [2.24, 2.45) is 0 Å². The van der Waals surface area contributed by atoms with E-state index in [0.29, 0.717) is 19.3 Å². The van der Waals surface area contributed by atoms with Gasteiger partial charge in [-0.3, -0.25) is 14.4 Å². The molecule has 0 aliphatic heterocycles. The molecule has 0 saturated carbocycles. The molecule has 0 heterocycles. The molecule has 0 rings (SSSR count). The zero-order valence-electron chi connectivity index (χ0n) is 52.8. The van der Waals surface area contributed by atoms with E-state index in [9.17, 15) is 14.4 Å². The molecule has 1 unspecified atom stereocenters. The third-order valence-electron chi connectivity index (χ3n) is 14.8. The minimum atomic E-state index is -0.813. The number of carbonyl (C=O) groups excluding carboxylic acids is 3. The van der Waals surface area contributed by atoms with Gasteiger partial charge in [-0.1, -0.05) is 323 Å². The molecule has 0 aromatic carbocycles. The minimum Gasteiger partial charge on any atom is -0.462 e. The number of rotatable bonds is 62. The summed E-state index contributed by atoms with van der Waals surface area (Å²) in [5.74, 6) is -0.957. The first kappa shape index (κ1) is 76.3. The van der Waals surface area contributed by atoms with Crippen LogP contribution in [0.2, 0.25) is 0 Å². The molecular weight excluding hydrogens is 985 g/mol. The second-order valence-corrected chi connectivity index (χ2v) is 22.7. The maximum absolute atomic E-state index is 12.9. The van der Waals surface area contributed by atoms with E-state index in [4.69, 9.17) is 14.2 Å². The summed E-state index contributed by atoms with van der Waals surface area (Å²) >= 11 is 0. The summed E-state index contributed by atoms with van der Waals surface area (Å²) in [5.41, 5.74) is 0. The number of hydrogen-bond acceptors (Lipinski definition) is 6. The van der Waals surface area contributed by atoms with Crippen LogP contribution in [0.5, 0.6) is 0 Å². The molecule has 0 fully saturated rings. The Kier molecular flexibility index (Phi) is 64.7. The largest absolute Gasteiger partial charge is 0.462 e. The van der Waals surface area contributed by atoms with Gasteiger partial charge in [0.15, 0.2) is 6.10 Å². The third-order valence-corrected chi connectivity index (χ3v) is 14.8. The van der Waals surface area contributed by atoms with Crippen molar-refractivity contribution in [1.29, 1.82) is 0 Å². The highest BCUT2D eigenvalue weighted by atomic mass is 16.6. The van der Waals surface area contributed by atoms with Gasteiger partial charge in [0.05, 0.1) is 0 Å². The molecule has 6 nitrogen and oxygen atoms in total. The van der Waals surface area contributed by atoms with E-state index in [-0.39, 0.29) is 37.5 Å². The first-order valence-corrected chi connectivity index (χ1v) is 34.2. The van der Waals surface area contributed by atoms with Crippen molar-refractivity contribution < 1.29 is 28.6 Å². The van der Waals surface area contributed by atoms with Crippen molar-refractivity contribution in [1.82, 2.24) is 0 Å². The van der Waals surface area contributed by atoms with Crippen molar-refractivity contribution in [2.45, 2.75) is 341 Å². The molecule has 0 saturated heterocycles. The van der Waals surface area contributed by atoms with Crippen molar-refractivity contribution >= 4 is 17.9 Å². The van der Waals surface area contributed by atoms with Crippen LogP contribution >= 0.6 is 0 Å². The van der Waals surface area contributed by atoms with Gasteiger partial charge in [-0.2, -0.15) is 0 Å². The quantitative estimate of drug-likeness (QED) is 0.0261. The monoisotopic (exact) mass is 1110 g/mol. The Morgan fingerprint density at radius 3 is 0.800 bits per heavy atom. The highest BCUT2D eigenvalue weighted by Crippen LogP contribution is 2.18. The van der Waals surface area contributed by atoms with Gasteiger partial charge in [-0.15, -0.1) is 0 Å². The third kappa shape index (κ3) is 65.1. The van der Waals surface area contributed by atoms with Gasteiger partial charge < -0.3 is 14.2 Å². The van der Waals surface area contributed by atoms with E-state index in [1.807, 2.05) is 0 Å². The van der Waals surface area contributed by atoms with Crippen LogP contribution in [0.25, 0.3) is 0 Å². The van der Waals surface area contributed by atoms with Gasteiger partial charge in [0.25, 0.3) is 0 Å². The van der Waals surface area contributed by atoms with Gasteiger partial charge in [-0.25, -0.2) is 0 Å². The zero-order valence-corrected chi connectivity index (χ0v) is 52.8. The first-order chi connectivity index (χ1) is 39.5. The molecule has 0 aromatic heterocycles. The van der Waals surface area contributed by atoms with E-state index in [1.54, 1.807) is 0 Å². The van der Waals surface area contributed by atoms with Crippen molar-refractivity contribution in [2.75, 3.05) is 13.2 Å². The topological polar surface area (TPSA) is 78.9 Å². The fourth-order valence-electron chi connectivity index (χ4n) is 9.79. The molecule has 460 valence electrons. The molecule has 0 radical (unpaired) electrons. The lowest BCUT2D eigenvalue weighted by atomic mass is 10.0. The molecular formula is C74H128O6. The summed E-state index contributed by atoms with van der Waals surface area (Å²) < 4.78 is 16.9. The van der Waals surface area contributed by atoms with Gasteiger partial charge in [0.1, 0.15) is 13.2 Å². The molecule has 0 aliphatic carbocycles. The van der Waals surface area contributed by atoms with Crippen LogP contribution in [-0.2, 0) is 28.6 Å². The normalized spacial score (nSPS) is 12.7. The van der Waals surface area contributed by atoms with E-state index in [2.05, 4.69) is 118 Å². The molecule has 0 spiro atoms. The highest BCUT2D eigenvalue weighted by Gasteiger charge is 2.19. The average molecular weight is 1110 g/mol. The maximum atomic E-state index is 12.9. The summed E-state index contributed by atoms with van der Waals surface area (Å²) in [5, 5.41) is 0. The SMILES string of the molecule is CC/C=C\C/C=C\C/C=C\C/C=C\C/C=C\CCCC(=O)OC(COC(=O)CCCCCCCCC/C=C\C/C=C\C/C=C\CC)COC(=O)CCCCCCCCCCCCCCCCCCCCCCCCCCCCCC. The smallest absolute Gasteiger partial charge is 0.306 e. The maximum Gasteiger partial charge on any atom is 0.306 e. The summed E-state index contributed by atoms with van der Waals surface area (Å²) in [6.45, 7) is 6.40. The van der Waals surface area contributed by atoms with Gasteiger partial charge >= 0.3 is 17.9 Å². The van der Waals surface area contributed by atoms with Crippen LogP contribution < -0.4 is 0 Å². The van der Waals surface area contributed by atoms with Gasteiger partial charge in [-0.05, 0) is 89.9 Å². The van der Waals surface area contributed by atoms with Crippen molar-refractivity contribution in [3.63, 3.8) is 0 Å². The zero-order chi connectivity index (χ0) is 57.8. The Morgan fingerprint density at radius 1 is 0.263 bits per heavy atom. The van der Waals surface area contributed by atoms with Crippen LogP contribution in [-0.4, -0.2) is 37.2 Å². The number of esters is 3. The molecule has 0 bridgehead atoms. The molecule has 0 amide bonds. The van der Waals surface area contributed by atoms with Crippen LogP contribution in [0.15, 0.2) is 97.2 Å². The van der Waals surface area contributed by atoms with E-state index >= 15 is 0 Å². The van der Waals surface area contributed by atoms with Crippen LogP contribution in [0.3, 0.4) is 0 Å². The molecule has 0 aromatic rings. The molecule has 1 atom stereocenters. The van der Waals surface area contributed by atoms with Crippen LogP contribution in [0, 0.1) is 0 Å². The Hall–Kier alpha value is -3.67. The second-order valence-electron chi connectivity index (χ2n) is 22.7. The lowest BCUT2D eigenvalue weighted by Crippen LogP contribution is -2.30. The van der Waals surface area contributed by atoms with E-state index < -0.39 is 6.10 Å². The summed E-state index contributed by atoms with van der Waals surface area (Å²) in [7, 11) is 0. The van der Waals surface area contributed by atoms with Crippen LogP contribution in [0.4, 0.5) is 0 Å². The standard InChI is InChI=1S/C74H128O6/c1-4-7-10-13-16-19-22-25-28-31-32-33-34-35-36-37-38-39-40-41-44-46-49-52-55-58-61-64-67-73(76)79-70-71(80-74(77)68-65-62-59-56-53-50-47-43-30-27-24-21-18-15-12-9-6-3)69-78-72(75)66-63-60-57-54-51-48-45-42-29-26-23-20-17-14-11-8-5-2/h8-9,11-12,17-18,20-21,26-27,29-30,47,50,56,59,71H,4-7,10,13-16,19,22-25,28,31-46,48-49,51-55,57-58,60-70H2,1-3H3/b11-8-,12-9-,20-17-,21-18-,29-26-,30-27-,50-47-,59-56-. The molecule has 0 N–H and O–H groups in total. The number of ether oxygens (including phenoxy) is 3. The van der Waals surface area contributed by atoms with Gasteiger partial charge in [0.2, 0.25) is 0 Å².